The molecule has 4 heterocycles. The van der Waals surface area contributed by atoms with Gasteiger partial charge < -0.3 is 91.8 Å². The number of nitrogens with zero attached hydrogens (tertiary/aromatic N) is 10. The molecule has 10 rings (SSSR count). The van der Waals surface area contributed by atoms with Gasteiger partial charge in [-0.3, -0.25) is 4.98 Å². The summed E-state index contributed by atoms with van der Waals surface area (Å²) in [5.41, 5.74) is -1.56. The van der Waals surface area contributed by atoms with Crippen LogP contribution in [-0.4, -0.2) is 206 Å². The number of oxime groups is 2. The maximum absolute atomic E-state index is 12.8. The molecule has 0 spiro atoms. The van der Waals surface area contributed by atoms with Gasteiger partial charge in [0.25, 0.3) is 0 Å². The topological polar surface area (TPSA) is 382 Å². The highest BCUT2D eigenvalue weighted by atomic mass is 35.5. The minimum atomic E-state index is -3.48. The average molecular weight is 1820 g/mol. The van der Waals surface area contributed by atoms with Crippen LogP contribution in [0.1, 0.15) is 224 Å². The number of rotatable bonds is 25. The number of nitrogens with one attached hydrogen (secondary N) is 1. The van der Waals surface area contributed by atoms with Gasteiger partial charge in [-0.05, 0) is 163 Å². The van der Waals surface area contributed by atoms with Gasteiger partial charge in [0.15, 0.2) is 44.8 Å². The molecule has 32 nitrogen and oxygen atoms in total. The van der Waals surface area contributed by atoms with E-state index < -0.39 is 152 Å². The van der Waals surface area contributed by atoms with Crippen molar-refractivity contribution in [1.29, 1.82) is 0 Å². The van der Waals surface area contributed by atoms with E-state index in [0.717, 1.165) is 11.8 Å². The monoisotopic (exact) mass is 1820 g/mol. The van der Waals surface area contributed by atoms with Crippen molar-refractivity contribution in [2.45, 2.75) is 214 Å². The molecule has 0 saturated carbocycles. The molecule has 2 saturated heterocycles. The van der Waals surface area contributed by atoms with Crippen molar-refractivity contribution < 1.29 is 129 Å². The number of alkyl carbamates (subject to hydrolysis) is 1. The number of aliphatic imine (C=N–C) groups is 1. The van der Waals surface area contributed by atoms with Crippen LogP contribution in [0.5, 0.6) is 0 Å². The Bertz CT molecular complexity index is 6050. The van der Waals surface area contributed by atoms with E-state index in [9.17, 15) is 32.4 Å². The highest BCUT2D eigenvalue weighted by Gasteiger charge is 2.55. The van der Waals surface area contributed by atoms with Crippen LogP contribution in [0.25, 0.3) is 34.0 Å². The molecular weight excluding hydrogens is 1670 g/mol. The van der Waals surface area contributed by atoms with Crippen LogP contribution >= 0.6 is 11.6 Å². The summed E-state index contributed by atoms with van der Waals surface area (Å²) in [6, 6.07) is 36.5. The van der Waals surface area contributed by atoms with Crippen molar-refractivity contribution in [2.24, 2.45) is 15.3 Å². The Balaban J connectivity index is 0.000000344. The number of amides is 5. The fraction of sp³-hybridized carbons (Fsp3) is 0.440. The first-order valence-corrected chi connectivity index (χ1v) is 40.1. The van der Waals surface area contributed by atoms with Gasteiger partial charge in [-0.2, -0.15) is 0 Å². The van der Waals surface area contributed by atoms with Crippen LogP contribution in [0.3, 0.4) is 0 Å². The smallest absolute Gasteiger partial charge is 0.474 e. The molecule has 6 aromatic carbocycles. The summed E-state index contributed by atoms with van der Waals surface area (Å²) in [5.74, 6) is 0.528. The van der Waals surface area contributed by atoms with E-state index in [1.165, 1.54) is 159 Å². The zero-order chi connectivity index (χ0) is 113. The fourth-order valence-electron chi connectivity index (χ4n) is 9.79. The number of sulfone groups is 1. The first-order chi connectivity index (χ1) is 67.5. The number of carbonyl (C=O) groups is 5. The molecule has 0 bridgehead atoms. The average Bonchev–Trinajstić information content (AvgIpc) is 1.58. The maximum Gasteiger partial charge on any atom is 0.474 e. The number of hydrogen-bond acceptors (Lipinski definition) is 27. The van der Waals surface area contributed by atoms with Gasteiger partial charge in [-0.25, -0.2) is 42.4 Å². The Morgan fingerprint density at radius 3 is 1.29 bits per heavy atom. The molecule has 686 valence electrons. The third kappa shape index (κ3) is 36.1. The third-order valence-corrected chi connectivity index (χ3v) is 18.0. The third-order valence-electron chi connectivity index (χ3n) is 15.5. The number of methoxy groups -OCH3 is 4. The molecule has 8 aromatic rings. The van der Waals surface area contributed by atoms with E-state index in [2.05, 4.69) is 30.8 Å². The summed E-state index contributed by atoms with van der Waals surface area (Å²) in [7, 11) is 5.37. The summed E-state index contributed by atoms with van der Waals surface area (Å²) in [6.07, 6.45) is -4.52. The number of aromatic nitrogens is 3. The van der Waals surface area contributed by atoms with Crippen LogP contribution in [0.15, 0.2) is 183 Å². The normalized spacial score (nSPS) is 17.4. The van der Waals surface area contributed by atoms with Crippen molar-refractivity contribution in [2.75, 3.05) is 56.3 Å². The van der Waals surface area contributed by atoms with Gasteiger partial charge in [0.1, 0.15) is 45.1 Å². The molecule has 1 atom stereocenters. The number of ether oxygens (including phenoxy) is 9. The molecule has 2 aromatic heterocycles. The summed E-state index contributed by atoms with van der Waals surface area (Å²) >= 11 is 5.65. The van der Waals surface area contributed by atoms with Gasteiger partial charge in [0, 0.05) is 139 Å². The molecule has 5 amide bonds. The van der Waals surface area contributed by atoms with Crippen molar-refractivity contribution in [3.63, 3.8) is 0 Å². The van der Waals surface area contributed by atoms with Crippen LogP contribution in [-0.2, 0) is 99.9 Å². The number of halogens is 1. The maximum atomic E-state index is 12.8. The second kappa shape index (κ2) is 47.4. The lowest BCUT2D eigenvalue weighted by Crippen LogP contribution is -2.33. The Morgan fingerprint density at radius 2 is 0.937 bits per heavy atom. The lowest BCUT2D eigenvalue weighted by Gasteiger charge is -2.24. The van der Waals surface area contributed by atoms with E-state index in [1.54, 1.807) is 160 Å². The van der Waals surface area contributed by atoms with E-state index >= 15 is 0 Å². The first-order valence-electron chi connectivity index (χ1n) is 49.2. The number of carbonyl (C=O) groups excluding carboxylic acids is 5. The van der Waals surface area contributed by atoms with Gasteiger partial charge in [-0.1, -0.05) is 168 Å². The number of benzene rings is 6. The largest absolute Gasteiger partial charge is 0.549 e. The molecule has 127 heavy (non-hydrogen) atoms. The highest BCUT2D eigenvalue weighted by Crippen LogP contribution is 2.43. The Morgan fingerprint density at radius 1 is 0.567 bits per heavy atom. The second-order valence-electron chi connectivity index (χ2n) is 32.0. The second-order valence-corrected chi connectivity index (χ2v) is 34.9. The molecule has 2 radical (unpaired) electrons. The van der Waals surface area contributed by atoms with E-state index in [-0.39, 0.29) is 76.5 Å². The summed E-state index contributed by atoms with van der Waals surface area (Å²) in [6.45, 7) is 1.96. The Hall–Kier alpha value is -11.5. The van der Waals surface area contributed by atoms with Crippen molar-refractivity contribution in [1.82, 2.24) is 40.0 Å². The van der Waals surface area contributed by atoms with Gasteiger partial charge >= 0.3 is 45.4 Å². The standard InChI is InChI=1S/C31H31B2N5O7S.C16H25NO4.C15H23NO4.C14H19ClN2O3.C14H20N2O3.CH4/c1-18(2)46(40,41)22-13-11-21(12-14-22)24-16-34-27(31(33-45-31)36-28-32-43-28)26(35-24)25-15-23(37-44-25)20-9-7-19(8-10-20)17-38(6)29(39)42-30(3,4)5;1-16(2,3)21-15(18)17(4)11-12-7-9-13(10-8-12)14(19-5)20-6;1-15(2,3)20-14(17)16-10-11-6-8-12(9-7-11)13(18-4)19-5;1-14(2,3)20-13(18)17(4)9-10-5-7-11(8-6-10)12(15)16-19;1-14(2,3)19-13(17)16(4)10-12-7-5-11(6-8-12)9-15-18;/h7-16,18H,17H2,1-6H3;7-10,14H,11H2,1-6H3;6-9,13H,10H2,1-5H3,(H,16,17);5-8,19H,9H2,1-4H3;5-9,18H,10H2,1-4H3;1H4/b;;;16-12-;15-9+;/i6D3,17D2;4D3,11D2;10D2;4D3,9D2;4D3,10D2;. The van der Waals surface area contributed by atoms with Crippen LogP contribution in [0.4, 0.5) is 24.0 Å². The molecule has 1 unspecified atom stereocenters. The lowest BCUT2D eigenvalue weighted by atomic mass is 9.91. The predicted octanol–water partition coefficient (Wildman–Crippen LogP) is 18.1. The molecule has 3 N–H and O–H groups in total. The van der Waals surface area contributed by atoms with E-state index in [1.807, 2.05) is 0 Å². The summed E-state index contributed by atoms with van der Waals surface area (Å²) in [5, 5.41) is 28.3. The number of hydrogen-bond donors (Lipinski definition) is 3. The summed E-state index contributed by atoms with van der Waals surface area (Å²) in [4.78, 5) is 75.8. The van der Waals surface area contributed by atoms with E-state index in [4.69, 9.17) is 114 Å². The van der Waals surface area contributed by atoms with Crippen LogP contribution < -0.4 is 5.32 Å². The quantitative estimate of drug-likeness (QED) is 0.00910. The Kier molecular flexibility index (Phi) is 28.2. The first kappa shape index (κ1) is 75.7. The zero-order valence-electron chi connectivity index (χ0n) is 95.4. The lowest BCUT2D eigenvalue weighted by molar-refractivity contribution is -0.106. The highest BCUT2D eigenvalue weighted by molar-refractivity contribution is 7.92. The molecule has 2 aliphatic rings. The van der Waals surface area contributed by atoms with Crippen molar-refractivity contribution in [3.8, 4) is 34.0 Å². The molecule has 36 heteroatoms. The minimum absolute atomic E-state index is 0. The van der Waals surface area contributed by atoms with Gasteiger partial charge in [0.2, 0.25) is 0 Å². The predicted molar refractivity (Wildman–Crippen MR) is 487 cm³/mol. The molecular formula is C91H122B2ClN11O21S. The molecule has 2 aliphatic heterocycles. The fourth-order valence-corrected chi connectivity index (χ4v) is 11.0. The van der Waals surface area contributed by atoms with E-state index in [0.29, 0.717) is 50.6 Å². The zero-order valence-corrected chi connectivity index (χ0v) is 75.0. The molecule has 2 fully saturated rings. The van der Waals surface area contributed by atoms with Crippen LogP contribution in [0, 0.1) is 0 Å². The Labute approximate surface area is 783 Å². The minimum Gasteiger partial charge on any atom is -0.549 e. The van der Waals surface area contributed by atoms with Gasteiger partial charge in [0.05, 0.1) is 42.0 Å². The van der Waals surface area contributed by atoms with Crippen molar-refractivity contribution >= 4 is 84.1 Å². The van der Waals surface area contributed by atoms with Gasteiger partial charge in [-0.15, -0.1) is 0 Å². The summed E-state index contributed by atoms with van der Waals surface area (Å²) < 4.78 is 261. The SMILES string of the molecule is C.[2H]C([2H])(NC(=O)OC(C)(C)C)c1ccc(C(OC)OC)cc1.[2H]C([2H])([2H])N(C(=O)OC(C)(C)C)C([2H])([2H])c1ccc(-c2cc(-c3nc(-c4ccc(S(=O)(=O)C(C)C)cc4)cnc3C3(N=C4[B]O4)[B]O3)on2)cc1.[2H]C([2H])([2H])N(C(=O)OC(C)(C)C)C([2H])([2H])c1ccc(/C(Cl)=N/O)cc1.[2H]C([2H])([2H])N(C(=O)OC(C)(C)C)C([2H])([2H])c1ccc(/C=N/O)cc1.[2H]C([2H])([2H])N(C(=O)OC(C)(C)C)C([2H])([2H])c1ccc(C(OC)OC)cc1. The van der Waals surface area contributed by atoms with Crippen LogP contribution in [0.2, 0.25) is 0 Å². The molecule has 0 aliphatic carbocycles. The van der Waals surface area contributed by atoms with Crippen molar-refractivity contribution in [3.05, 3.63) is 214 Å².